The van der Waals surface area contributed by atoms with Crippen LogP contribution in [0, 0.1) is 6.92 Å². The predicted octanol–water partition coefficient (Wildman–Crippen LogP) is 1.89. The summed E-state index contributed by atoms with van der Waals surface area (Å²) >= 11 is 0. The maximum Gasteiger partial charge on any atom is 0.173 e. The van der Waals surface area contributed by atoms with Crippen molar-refractivity contribution in [2.45, 2.75) is 45.7 Å². The van der Waals surface area contributed by atoms with Crippen molar-refractivity contribution in [3.05, 3.63) is 34.5 Å². The summed E-state index contributed by atoms with van der Waals surface area (Å²) in [5.41, 5.74) is 5.98. The van der Waals surface area contributed by atoms with Gasteiger partial charge in [-0.1, -0.05) is 0 Å². The van der Waals surface area contributed by atoms with Gasteiger partial charge in [0.25, 0.3) is 0 Å². The highest BCUT2D eigenvalue weighted by Crippen LogP contribution is 2.28. The molecule has 0 aromatic carbocycles. The number of aromatic nitrogens is 4. The zero-order valence-electron chi connectivity index (χ0n) is 18.1. The van der Waals surface area contributed by atoms with Crippen LogP contribution in [0.4, 0.5) is 5.82 Å². The Balaban J connectivity index is 1.33. The van der Waals surface area contributed by atoms with Crippen molar-refractivity contribution < 1.29 is 4.74 Å². The minimum atomic E-state index is 0.783. The Labute approximate surface area is 178 Å². The Bertz CT molecular complexity index is 945. The van der Waals surface area contributed by atoms with Gasteiger partial charge in [0.2, 0.25) is 0 Å². The number of rotatable bonds is 4. The average molecular weight is 410 g/mol. The lowest BCUT2D eigenvalue weighted by atomic mass is 10.0. The first kappa shape index (κ1) is 19.6. The minimum Gasteiger partial charge on any atom is -0.378 e. The largest absolute Gasteiger partial charge is 0.378 e. The zero-order chi connectivity index (χ0) is 20.5. The monoisotopic (exact) mass is 409 g/mol. The van der Waals surface area contributed by atoms with E-state index in [-0.39, 0.29) is 0 Å². The lowest BCUT2D eigenvalue weighted by Crippen LogP contribution is -2.38. The van der Waals surface area contributed by atoms with Gasteiger partial charge in [0.15, 0.2) is 5.82 Å². The average Bonchev–Trinajstić information content (AvgIpc) is 3.07. The summed E-state index contributed by atoms with van der Waals surface area (Å²) in [6, 6.07) is 0. The van der Waals surface area contributed by atoms with Gasteiger partial charge in [0, 0.05) is 70.1 Å². The first-order chi connectivity index (χ1) is 14.7. The Morgan fingerprint density at radius 3 is 2.77 bits per heavy atom. The summed E-state index contributed by atoms with van der Waals surface area (Å²) in [4.78, 5) is 19.1. The van der Waals surface area contributed by atoms with Crippen LogP contribution in [0.15, 0.2) is 11.2 Å². The van der Waals surface area contributed by atoms with Gasteiger partial charge in [0.05, 0.1) is 30.3 Å². The molecule has 0 N–H and O–H groups in total. The molecule has 0 atom stereocenters. The van der Waals surface area contributed by atoms with E-state index in [1.54, 1.807) is 0 Å². The Morgan fingerprint density at radius 2 is 1.97 bits per heavy atom. The summed E-state index contributed by atoms with van der Waals surface area (Å²) in [5, 5.41) is 4.73. The number of morpholine rings is 1. The lowest BCUT2D eigenvalue weighted by molar-refractivity contribution is 0.122. The van der Waals surface area contributed by atoms with Crippen LogP contribution in [-0.4, -0.2) is 69.8 Å². The topological polar surface area (TPSA) is 71.7 Å². The van der Waals surface area contributed by atoms with Crippen LogP contribution < -0.4 is 4.90 Å². The molecule has 160 valence electrons. The molecule has 8 nitrogen and oxygen atoms in total. The number of aliphatic imine (C=N–C) groups is 1. The molecule has 0 radical (unpaired) electrons. The van der Waals surface area contributed by atoms with E-state index in [0.717, 1.165) is 82.6 Å². The maximum absolute atomic E-state index is 5.55. The Morgan fingerprint density at radius 1 is 1.10 bits per heavy atom. The first-order valence-corrected chi connectivity index (χ1v) is 11.1. The first-order valence-electron chi connectivity index (χ1n) is 11.1. The number of hydrogen-bond acceptors (Lipinski definition) is 7. The van der Waals surface area contributed by atoms with Gasteiger partial charge in [0.1, 0.15) is 5.82 Å². The molecule has 0 spiro atoms. The third kappa shape index (κ3) is 3.86. The predicted molar refractivity (Wildman–Crippen MR) is 116 cm³/mol. The second-order valence-electron chi connectivity index (χ2n) is 8.52. The summed E-state index contributed by atoms with van der Waals surface area (Å²) in [5.74, 6) is 2.09. The van der Waals surface area contributed by atoms with E-state index in [2.05, 4.69) is 33.7 Å². The van der Waals surface area contributed by atoms with Gasteiger partial charge in [-0.15, -0.1) is 0 Å². The number of fused-ring (bicyclic) bond motifs is 1. The van der Waals surface area contributed by atoms with Crippen LogP contribution in [-0.2, 0) is 31.3 Å². The zero-order valence-corrected chi connectivity index (χ0v) is 18.1. The van der Waals surface area contributed by atoms with Gasteiger partial charge in [-0.3, -0.25) is 14.6 Å². The van der Waals surface area contributed by atoms with Crippen LogP contribution in [0.5, 0.6) is 0 Å². The molecular weight excluding hydrogens is 378 g/mol. The normalized spacial score (nSPS) is 20.2. The third-order valence-electron chi connectivity index (χ3n) is 6.40. The number of aryl methyl sites for hydroxylation is 2. The third-order valence-corrected chi connectivity index (χ3v) is 6.40. The number of hydrogen-bond donors (Lipinski definition) is 0. The molecule has 2 aromatic rings. The fourth-order valence-electron chi connectivity index (χ4n) is 4.80. The molecule has 1 fully saturated rings. The second kappa shape index (κ2) is 8.43. The van der Waals surface area contributed by atoms with Crippen LogP contribution in [0.25, 0.3) is 0 Å². The van der Waals surface area contributed by atoms with Crippen molar-refractivity contribution >= 4 is 11.5 Å². The maximum atomic E-state index is 5.55. The fourth-order valence-corrected chi connectivity index (χ4v) is 4.80. The van der Waals surface area contributed by atoms with Gasteiger partial charge in [-0.05, 0) is 26.2 Å². The van der Waals surface area contributed by atoms with E-state index in [1.165, 1.54) is 35.5 Å². The lowest BCUT2D eigenvalue weighted by Gasteiger charge is -2.32. The Hall–Kier alpha value is -2.32. The van der Waals surface area contributed by atoms with E-state index in [0.29, 0.717) is 0 Å². The molecule has 3 aliphatic heterocycles. The van der Waals surface area contributed by atoms with Crippen LogP contribution in [0.2, 0.25) is 0 Å². The van der Waals surface area contributed by atoms with E-state index < -0.39 is 0 Å². The molecule has 0 amide bonds. The van der Waals surface area contributed by atoms with E-state index in [4.69, 9.17) is 14.8 Å². The highest BCUT2D eigenvalue weighted by Gasteiger charge is 2.25. The van der Waals surface area contributed by atoms with Gasteiger partial charge in [-0.2, -0.15) is 5.10 Å². The van der Waals surface area contributed by atoms with Crippen LogP contribution in [0.3, 0.4) is 0 Å². The molecule has 5 heterocycles. The van der Waals surface area contributed by atoms with Crippen molar-refractivity contribution in [1.82, 2.24) is 24.6 Å². The summed E-state index contributed by atoms with van der Waals surface area (Å²) in [6.07, 6.45) is 6.38. The van der Waals surface area contributed by atoms with Crippen molar-refractivity contribution in [2.75, 3.05) is 44.3 Å². The molecule has 2 aromatic heterocycles. The van der Waals surface area contributed by atoms with Gasteiger partial charge in [-0.25, -0.2) is 9.97 Å². The molecule has 3 aliphatic rings. The molecule has 0 bridgehead atoms. The molecule has 30 heavy (non-hydrogen) atoms. The second-order valence-corrected chi connectivity index (χ2v) is 8.52. The van der Waals surface area contributed by atoms with Gasteiger partial charge >= 0.3 is 0 Å². The van der Waals surface area contributed by atoms with E-state index in [9.17, 15) is 0 Å². The molecule has 0 saturated carbocycles. The standard InChI is InChI=1S/C22H31N7O/c1-16-18(22(27(2)26-16)29-9-11-30-12-10-29)15-28-8-6-19-17(14-28)13-24-21(25-19)20-5-3-4-7-23-20/h13H,3-12,14-15H2,1-2H3. The number of ether oxygens (including phenoxy) is 1. The van der Waals surface area contributed by atoms with Crippen molar-refractivity contribution in [3.8, 4) is 0 Å². The highest BCUT2D eigenvalue weighted by molar-refractivity contribution is 5.97. The molecular formula is C22H31N7O. The van der Waals surface area contributed by atoms with E-state index in [1.807, 2.05) is 10.9 Å². The van der Waals surface area contributed by atoms with E-state index >= 15 is 0 Å². The van der Waals surface area contributed by atoms with Crippen molar-refractivity contribution in [1.29, 1.82) is 0 Å². The number of anilines is 1. The number of nitrogens with zero attached hydrogens (tertiary/aromatic N) is 7. The minimum absolute atomic E-state index is 0.783. The SMILES string of the molecule is Cc1nn(C)c(N2CCOCC2)c1CN1CCc2nc(C3=NCCCC3)ncc2C1. The van der Waals surface area contributed by atoms with Gasteiger partial charge < -0.3 is 9.64 Å². The smallest absolute Gasteiger partial charge is 0.173 e. The molecule has 1 saturated heterocycles. The fraction of sp³-hybridized carbons (Fsp3) is 0.636. The van der Waals surface area contributed by atoms with Crippen molar-refractivity contribution in [3.63, 3.8) is 0 Å². The molecule has 5 rings (SSSR count). The van der Waals surface area contributed by atoms with Crippen LogP contribution >= 0.6 is 0 Å². The summed E-state index contributed by atoms with van der Waals surface area (Å²) < 4.78 is 7.58. The van der Waals surface area contributed by atoms with Crippen LogP contribution in [0.1, 0.15) is 47.6 Å². The quantitative estimate of drug-likeness (QED) is 0.768. The Kier molecular flexibility index (Phi) is 5.52. The summed E-state index contributed by atoms with van der Waals surface area (Å²) in [7, 11) is 2.05. The molecule has 0 unspecified atom stereocenters. The summed E-state index contributed by atoms with van der Waals surface area (Å²) in [6.45, 7) is 9.26. The molecule has 0 aliphatic carbocycles. The van der Waals surface area contributed by atoms with Crippen molar-refractivity contribution in [2.24, 2.45) is 12.0 Å². The highest BCUT2D eigenvalue weighted by atomic mass is 16.5. The molecule has 8 heteroatoms.